The molecule has 32 heavy (non-hydrogen) atoms. The summed E-state index contributed by atoms with van der Waals surface area (Å²) in [5, 5.41) is 2.85. The molecule has 1 unspecified atom stereocenters. The summed E-state index contributed by atoms with van der Waals surface area (Å²) in [6.07, 6.45) is 3.59. The second-order valence-electron chi connectivity index (χ2n) is 7.35. The molecular formula is C22H20F3N5O2. The number of carbonyl (C=O) groups is 1. The van der Waals surface area contributed by atoms with E-state index in [1.54, 1.807) is 30.7 Å². The molecule has 10 heteroatoms. The summed E-state index contributed by atoms with van der Waals surface area (Å²) in [5.74, 6) is 0.866. The van der Waals surface area contributed by atoms with Gasteiger partial charge in [0, 0.05) is 31.5 Å². The Labute approximate surface area is 182 Å². The minimum atomic E-state index is -4.40. The maximum atomic E-state index is 12.7. The van der Waals surface area contributed by atoms with Crippen LogP contribution in [0.4, 0.5) is 24.7 Å². The van der Waals surface area contributed by atoms with E-state index in [4.69, 9.17) is 4.74 Å². The van der Waals surface area contributed by atoms with Crippen molar-refractivity contribution in [2.24, 2.45) is 5.92 Å². The lowest BCUT2D eigenvalue weighted by Gasteiger charge is -2.32. The molecule has 3 aromatic rings. The van der Waals surface area contributed by atoms with E-state index in [-0.39, 0.29) is 23.5 Å². The average molecular weight is 443 g/mol. The van der Waals surface area contributed by atoms with E-state index in [0.29, 0.717) is 12.2 Å². The predicted molar refractivity (Wildman–Crippen MR) is 111 cm³/mol. The number of carbonyl (C=O) groups excluding carboxylic acids is 1. The highest BCUT2D eigenvalue weighted by molar-refractivity contribution is 5.92. The molecule has 7 nitrogen and oxygen atoms in total. The first kappa shape index (κ1) is 21.5. The van der Waals surface area contributed by atoms with E-state index in [2.05, 4.69) is 20.3 Å². The predicted octanol–water partition coefficient (Wildman–Crippen LogP) is 4.54. The number of benzene rings is 1. The van der Waals surface area contributed by atoms with E-state index in [1.807, 2.05) is 4.90 Å². The van der Waals surface area contributed by atoms with Gasteiger partial charge in [-0.2, -0.15) is 13.2 Å². The van der Waals surface area contributed by atoms with Crippen molar-refractivity contribution in [2.75, 3.05) is 23.3 Å². The van der Waals surface area contributed by atoms with Gasteiger partial charge in [-0.3, -0.25) is 9.78 Å². The summed E-state index contributed by atoms with van der Waals surface area (Å²) in [6, 6.07) is 7.52. The number of alkyl halides is 3. The number of aromatic nitrogens is 3. The van der Waals surface area contributed by atoms with Crippen molar-refractivity contribution in [3.8, 4) is 11.6 Å². The van der Waals surface area contributed by atoms with Gasteiger partial charge >= 0.3 is 6.18 Å². The van der Waals surface area contributed by atoms with E-state index in [9.17, 15) is 18.0 Å². The van der Waals surface area contributed by atoms with E-state index >= 15 is 0 Å². The van der Waals surface area contributed by atoms with Gasteiger partial charge in [0.15, 0.2) is 0 Å². The van der Waals surface area contributed by atoms with E-state index in [1.165, 1.54) is 18.3 Å². The first-order valence-corrected chi connectivity index (χ1v) is 10.0. The van der Waals surface area contributed by atoms with Crippen LogP contribution in [0, 0.1) is 5.92 Å². The zero-order valence-corrected chi connectivity index (χ0v) is 16.9. The number of halogens is 3. The summed E-state index contributed by atoms with van der Waals surface area (Å²) in [4.78, 5) is 27.2. The van der Waals surface area contributed by atoms with Gasteiger partial charge in [-0.15, -0.1) is 0 Å². The molecule has 0 aliphatic carbocycles. The molecule has 2 aromatic heterocycles. The molecule has 3 heterocycles. The number of amides is 1. The standard InChI is InChI=1S/C22H20F3N5O2/c23-22(24,25)16-3-6-18(7-4-16)32-20-8-5-17(12-28-20)29-21(31)15-2-1-11-30(14-15)19-13-26-9-10-27-19/h3-10,12-13,15H,1-2,11,14H2,(H,29,31). The van der Waals surface area contributed by atoms with Crippen molar-refractivity contribution in [3.63, 3.8) is 0 Å². The molecule has 1 fully saturated rings. The van der Waals surface area contributed by atoms with Crippen LogP contribution in [0.25, 0.3) is 0 Å². The molecule has 1 atom stereocenters. The van der Waals surface area contributed by atoms with Crippen molar-refractivity contribution in [1.29, 1.82) is 0 Å². The third kappa shape index (κ3) is 5.32. The Morgan fingerprint density at radius 1 is 1.06 bits per heavy atom. The van der Waals surface area contributed by atoms with Crippen LogP contribution in [0.3, 0.4) is 0 Å². The van der Waals surface area contributed by atoms with Crippen LogP contribution in [-0.4, -0.2) is 33.9 Å². The Morgan fingerprint density at radius 3 is 2.53 bits per heavy atom. The van der Waals surface area contributed by atoms with Gasteiger partial charge in [0.05, 0.1) is 29.6 Å². The normalized spacial score (nSPS) is 16.5. The lowest BCUT2D eigenvalue weighted by atomic mass is 9.97. The summed E-state index contributed by atoms with van der Waals surface area (Å²) < 4.78 is 43.4. The maximum Gasteiger partial charge on any atom is 0.416 e. The molecule has 0 spiro atoms. The number of ether oxygens (including phenoxy) is 1. The molecule has 1 aromatic carbocycles. The first-order chi connectivity index (χ1) is 15.4. The van der Waals surface area contributed by atoms with Gasteiger partial charge in [-0.05, 0) is 43.2 Å². The molecule has 4 rings (SSSR count). The third-order valence-corrected chi connectivity index (χ3v) is 5.07. The van der Waals surface area contributed by atoms with Crippen molar-refractivity contribution in [1.82, 2.24) is 15.0 Å². The molecule has 166 valence electrons. The highest BCUT2D eigenvalue weighted by Crippen LogP contribution is 2.31. The molecule has 1 amide bonds. The van der Waals surface area contributed by atoms with Crippen LogP contribution in [0.2, 0.25) is 0 Å². The fourth-order valence-electron chi connectivity index (χ4n) is 3.45. The zero-order chi connectivity index (χ0) is 22.6. The van der Waals surface area contributed by atoms with Gasteiger partial charge in [0.1, 0.15) is 11.6 Å². The minimum absolute atomic E-state index is 0.114. The topological polar surface area (TPSA) is 80.2 Å². The van der Waals surface area contributed by atoms with Gasteiger partial charge in [-0.25, -0.2) is 9.97 Å². The van der Waals surface area contributed by atoms with Crippen LogP contribution in [0.15, 0.2) is 61.2 Å². The smallest absolute Gasteiger partial charge is 0.416 e. The zero-order valence-electron chi connectivity index (χ0n) is 16.9. The van der Waals surface area contributed by atoms with Crippen LogP contribution in [0.5, 0.6) is 11.6 Å². The number of hydrogen-bond acceptors (Lipinski definition) is 6. The first-order valence-electron chi connectivity index (χ1n) is 10.0. The van der Waals surface area contributed by atoms with Gasteiger partial charge < -0.3 is 15.0 Å². The summed E-state index contributed by atoms with van der Waals surface area (Å²) >= 11 is 0. The van der Waals surface area contributed by atoms with Crippen LogP contribution >= 0.6 is 0 Å². The van der Waals surface area contributed by atoms with Crippen LogP contribution in [-0.2, 0) is 11.0 Å². The van der Waals surface area contributed by atoms with E-state index in [0.717, 1.165) is 37.3 Å². The van der Waals surface area contributed by atoms with E-state index < -0.39 is 11.7 Å². The average Bonchev–Trinajstić information content (AvgIpc) is 2.81. The Kier molecular flexibility index (Phi) is 6.20. The Hall–Kier alpha value is -3.69. The molecule has 1 saturated heterocycles. The van der Waals surface area contributed by atoms with Crippen LogP contribution in [0.1, 0.15) is 18.4 Å². The number of pyridine rings is 1. The van der Waals surface area contributed by atoms with Gasteiger partial charge in [-0.1, -0.05) is 0 Å². The summed E-state index contributed by atoms with van der Waals surface area (Å²) in [7, 11) is 0. The van der Waals surface area contributed by atoms with Crippen molar-refractivity contribution < 1.29 is 22.7 Å². The van der Waals surface area contributed by atoms with Gasteiger partial charge in [0.25, 0.3) is 0 Å². The maximum absolute atomic E-state index is 12.7. The fraction of sp³-hybridized carbons (Fsp3) is 0.273. The lowest BCUT2D eigenvalue weighted by molar-refractivity contribution is -0.137. The molecular weight excluding hydrogens is 423 g/mol. The Balaban J connectivity index is 1.33. The summed E-state index contributed by atoms with van der Waals surface area (Å²) in [5.41, 5.74) is -0.247. The molecule has 1 N–H and O–H groups in total. The number of nitrogens with zero attached hydrogens (tertiary/aromatic N) is 4. The molecule has 0 radical (unpaired) electrons. The Bertz CT molecular complexity index is 1040. The monoisotopic (exact) mass is 443 g/mol. The number of rotatable bonds is 5. The highest BCUT2D eigenvalue weighted by atomic mass is 19.4. The van der Waals surface area contributed by atoms with Crippen molar-refractivity contribution >= 4 is 17.4 Å². The second kappa shape index (κ2) is 9.21. The number of hydrogen-bond donors (Lipinski definition) is 1. The lowest BCUT2D eigenvalue weighted by Crippen LogP contribution is -2.41. The quantitative estimate of drug-likeness (QED) is 0.624. The second-order valence-corrected chi connectivity index (χ2v) is 7.35. The number of anilines is 2. The molecule has 1 aliphatic heterocycles. The molecule has 1 aliphatic rings. The van der Waals surface area contributed by atoms with Crippen molar-refractivity contribution in [2.45, 2.75) is 19.0 Å². The molecule has 0 saturated carbocycles. The molecule has 0 bridgehead atoms. The largest absolute Gasteiger partial charge is 0.439 e. The van der Waals surface area contributed by atoms with Crippen LogP contribution < -0.4 is 15.0 Å². The number of piperidine rings is 1. The fourth-order valence-corrected chi connectivity index (χ4v) is 3.45. The summed E-state index contributed by atoms with van der Waals surface area (Å²) in [6.45, 7) is 1.37. The highest BCUT2D eigenvalue weighted by Gasteiger charge is 2.30. The Morgan fingerprint density at radius 2 is 1.88 bits per heavy atom. The SMILES string of the molecule is O=C(Nc1ccc(Oc2ccc(C(F)(F)F)cc2)nc1)C1CCCN(c2cnccn2)C1. The third-order valence-electron chi connectivity index (χ3n) is 5.07. The van der Waals surface area contributed by atoms with Crippen molar-refractivity contribution in [3.05, 3.63) is 66.7 Å². The number of nitrogens with one attached hydrogen (secondary N) is 1. The van der Waals surface area contributed by atoms with Gasteiger partial charge in [0.2, 0.25) is 11.8 Å². The minimum Gasteiger partial charge on any atom is -0.439 e.